The van der Waals surface area contributed by atoms with Crippen molar-refractivity contribution in [2.45, 2.75) is 38.6 Å². The van der Waals surface area contributed by atoms with Crippen molar-refractivity contribution in [3.63, 3.8) is 0 Å². The zero-order valence-corrected chi connectivity index (χ0v) is 11.6. The van der Waals surface area contributed by atoms with E-state index in [-0.39, 0.29) is 0 Å². The minimum atomic E-state index is 0.450. The van der Waals surface area contributed by atoms with E-state index in [0.29, 0.717) is 17.1 Å². The number of anilines is 1. The fourth-order valence-electron chi connectivity index (χ4n) is 2.58. The first-order chi connectivity index (χ1) is 8.81. The summed E-state index contributed by atoms with van der Waals surface area (Å²) < 4.78 is 0. The molecule has 1 saturated heterocycles. The van der Waals surface area contributed by atoms with E-state index in [9.17, 15) is 0 Å². The van der Waals surface area contributed by atoms with Gasteiger partial charge in [-0.05, 0) is 38.3 Å². The first-order valence-corrected chi connectivity index (χ1v) is 7.12. The summed E-state index contributed by atoms with van der Waals surface area (Å²) in [5.41, 5.74) is 0. The maximum atomic E-state index is 6.06. The van der Waals surface area contributed by atoms with Gasteiger partial charge in [-0.25, -0.2) is 9.97 Å². The topological polar surface area (TPSA) is 49.8 Å². The molecule has 1 aromatic rings. The second-order valence-electron chi connectivity index (χ2n) is 4.82. The standard InChI is InChI=1S/C13H21ClN4/c1-2-3-11(10-4-6-15-7-5-10)18-13-12(14)16-8-9-17-13/h8-11,15H,2-7H2,1H3,(H,17,18). The summed E-state index contributed by atoms with van der Waals surface area (Å²) in [5.74, 6) is 1.42. The van der Waals surface area contributed by atoms with Crippen LogP contribution in [0.4, 0.5) is 5.82 Å². The fourth-order valence-corrected chi connectivity index (χ4v) is 2.74. The molecular weight excluding hydrogens is 248 g/mol. The van der Waals surface area contributed by atoms with Crippen LogP contribution in [-0.4, -0.2) is 29.1 Å². The van der Waals surface area contributed by atoms with E-state index in [1.165, 1.54) is 19.3 Å². The van der Waals surface area contributed by atoms with Crippen LogP contribution in [0.5, 0.6) is 0 Å². The number of nitrogens with zero attached hydrogens (tertiary/aromatic N) is 2. The number of piperidine rings is 1. The van der Waals surface area contributed by atoms with Crippen LogP contribution >= 0.6 is 11.6 Å². The van der Waals surface area contributed by atoms with Crippen molar-refractivity contribution in [2.75, 3.05) is 18.4 Å². The Labute approximate surface area is 114 Å². The maximum Gasteiger partial charge on any atom is 0.171 e. The molecule has 2 rings (SSSR count). The van der Waals surface area contributed by atoms with Gasteiger partial charge in [0.25, 0.3) is 0 Å². The van der Waals surface area contributed by atoms with Crippen LogP contribution in [0.1, 0.15) is 32.6 Å². The van der Waals surface area contributed by atoms with Crippen LogP contribution in [0.15, 0.2) is 12.4 Å². The Hall–Kier alpha value is -0.870. The van der Waals surface area contributed by atoms with E-state index in [1.54, 1.807) is 12.4 Å². The molecule has 100 valence electrons. The van der Waals surface area contributed by atoms with Crippen molar-refractivity contribution < 1.29 is 0 Å². The summed E-state index contributed by atoms with van der Waals surface area (Å²) in [6.07, 6.45) is 8.05. The fraction of sp³-hybridized carbons (Fsp3) is 0.692. The van der Waals surface area contributed by atoms with Gasteiger partial charge in [0.1, 0.15) is 0 Å². The summed E-state index contributed by atoms with van der Waals surface area (Å²) in [4.78, 5) is 8.34. The number of hydrogen-bond donors (Lipinski definition) is 2. The lowest BCUT2D eigenvalue weighted by molar-refractivity contribution is 0.320. The number of aromatic nitrogens is 2. The zero-order chi connectivity index (χ0) is 12.8. The van der Waals surface area contributed by atoms with Gasteiger partial charge in [-0.3, -0.25) is 0 Å². The summed E-state index contributed by atoms with van der Waals surface area (Å²) in [6, 6.07) is 0.450. The van der Waals surface area contributed by atoms with Crippen LogP contribution in [0.2, 0.25) is 5.15 Å². The predicted molar refractivity (Wildman–Crippen MR) is 75.0 cm³/mol. The highest BCUT2D eigenvalue weighted by Gasteiger charge is 2.23. The van der Waals surface area contributed by atoms with Gasteiger partial charge in [-0.1, -0.05) is 24.9 Å². The summed E-state index contributed by atoms with van der Waals surface area (Å²) in [7, 11) is 0. The van der Waals surface area contributed by atoms with Crippen LogP contribution in [0, 0.1) is 5.92 Å². The molecule has 1 aromatic heterocycles. The molecule has 0 bridgehead atoms. The van der Waals surface area contributed by atoms with Gasteiger partial charge < -0.3 is 10.6 Å². The largest absolute Gasteiger partial charge is 0.365 e. The summed E-state index contributed by atoms with van der Waals surface area (Å²) in [5, 5.41) is 7.36. The molecule has 2 N–H and O–H groups in total. The smallest absolute Gasteiger partial charge is 0.171 e. The third kappa shape index (κ3) is 3.56. The first-order valence-electron chi connectivity index (χ1n) is 6.75. The molecule has 0 amide bonds. The minimum Gasteiger partial charge on any atom is -0.365 e. The maximum absolute atomic E-state index is 6.06. The molecule has 2 heterocycles. The van der Waals surface area contributed by atoms with E-state index >= 15 is 0 Å². The lowest BCUT2D eigenvalue weighted by atomic mass is 9.88. The van der Waals surface area contributed by atoms with Gasteiger partial charge in [-0.15, -0.1) is 0 Å². The van der Waals surface area contributed by atoms with Crippen molar-refractivity contribution in [1.82, 2.24) is 15.3 Å². The Balaban J connectivity index is 2.03. The van der Waals surface area contributed by atoms with Gasteiger partial charge in [0, 0.05) is 18.4 Å². The molecule has 1 fully saturated rings. The molecule has 5 heteroatoms. The quantitative estimate of drug-likeness (QED) is 0.862. The third-order valence-corrected chi connectivity index (χ3v) is 3.80. The normalized spacial score (nSPS) is 18.6. The van der Waals surface area contributed by atoms with Crippen LogP contribution < -0.4 is 10.6 Å². The Morgan fingerprint density at radius 3 is 2.78 bits per heavy atom. The van der Waals surface area contributed by atoms with Crippen LogP contribution in [-0.2, 0) is 0 Å². The molecule has 18 heavy (non-hydrogen) atoms. The highest BCUT2D eigenvalue weighted by atomic mass is 35.5. The Morgan fingerprint density at radius 1 is 1.39 bits per heavy atom. The zero-order valence-electron chi connectivity index (χ0n) is 10.8. The van der Waals surface area contributed by atoms with E-state index < -0.39 is 0 Å². The van der Waals surface area contributed by atoms with Crippen molar-refractivity contribution in [3.8, 4) is 0 Å². The highest BCUT2D eigenvalue weighted by molar-refractivity contribution is 6.31. The van der Waals surface area contributed by atoms with E-state index in [0.717, 1.165) is 25.3 Å². The number of hydrogen-bond acceptors (Lipinski definition) is 4. The first kappa shape index (κ1) is 13.6. The van der Waals surface area contributed by atoms with E-state index in [1.807, 2.05) is 0 Å². The van der Waals surface area contributed by atoms with Crippen molar-refractivity contribution >= 4 is 17.4 Å². The lowest BCUT2D eigenvalue weighted by Gasteiger charge is -2.31. The van der Waals surface area contributed by atoms with Gasteiger partial charge in [0.15, 0.2) is 11.0 Å². The number of rotatable bonds is 5. The molecule has 0 radical (unpaired) electrons. The molecule has 1 atom stereocenters. The molecule has 1 aliphatic heterocycles. The van der Waals surface area contributed by atoms with Gasteiger partial charge in [0.05, 0.1) is 0 Å². The Bertz CT molecular complexity index is 366. The van der Waals surface area contributed by atoms with Crippen molar-refractivity contribution in [1.29, 1.82) is 0 Å². The molecular formula is C13H21ClN4. The highest BCUT2D eigenvalue weighted by Crippen LogP contribution is 2.25. The second-order valence-corrected chi connectivity index (χ2v) is 5.18. The number of nitrogens with one attached hydrogen (secondary N) is 2. The Morgan fingerprint density at radius 2 is 2.11 bits per heavy atom. The molecule has 1 aliphatic rings. The molecule has 0 aliphatic carbocycles. The lowest BCUT2D eigenvalue weighted by Crippen LogP contribution is -2.38. The average Bonchev–Trinajstić information content (AvgIpc) is 2.42. The van der Waals surface area contributed by atoms with Crippen LogP contribution in [0.25, 0.3) is 0 Å². The second kappa shape index (κ2) is 6.90. The molecule has 4 nitrogen and oxygen atoms in total. The van der Waals surface area contributed by atoms with Gasteiger partial charge >= 0.3 is 0 Å². The van der Waals surface area contributed by atoms with E-state index in [4.69, 9.17) is 11.6 Å². The van der Waals surface area contributed by atoms with Gasteiger partial charge in [0.2, 0.25) is 0 Å². The van der Waals surface area contributed by atoms with Crippen molar-refractivity contribution in [2.24, 2.45) is 5.92 Å². The van der Waals surface area contributed by atoms with Crippen LogP contribution in [0.3, 0.4) is 0 Å². The monoisotopic (exact) mass is 268 g/mol. The summed E-state index contributed by atoms with van der Waals surface area (Å²) >= 11 is 6.06. The van der Waals surface area contributed by atoms with Gasteiger partial charge in [-0.2, -0.15) is 0 Å². The molecule has 0 spiro atoms. The molecule has 1 unspecified atom stereocenters. The van der Waals surface area contributed by atoms with E-state index in [2.05, 4.69) is 27.5 Å². The predicted octanol–water partition coefficient (Wildman–Crippen LogP) is 2.71. The third-order valence-electron chi connectivity index (χ3n) is 3.53. The van der Waals surface area contributed by atoms with Crippen molar-refractivity contribution in [3.05, 3.63) is 17.5 Å². The Kier molecular flexibility index (Phi) is 5.20. The molecule has 0 aromatic carbocycles. The minimum absolute atomic E-state index is 0.450. The SMILES string of the molecule is CCCC(Nc1nccnc1Cl)C1CCNCC1. The average molecular weight is 269 g/mol. The molecule has 0 saturated carbocycles. The number of halogens is 1. The summed E-state index contributed by atoms with van der Waals surface area (Å²) in [6.45, 7) is 4.44.